The van der Waals surface area contributed by atoms with Crippen LogP contribution < -0.4 is 5.32 Å². The van der Waals surface area contributed by atoms with E-state index >= 15 is 0 Å². The highest BCUT2D eigenvalue weighted by atomic mass is 15.1. The van der Waals surface area contributed by atoms with Gasteiger partial charge in [-0.25, -0.2) is 4.98 Å². The predicted octanol–water partition coefficient (Wildman–Crippen LogP) is 1.09. The third kappa shape index (κ3) is 1.67. The van der Waals surface area contributed by atoms with Gasteiger partial charge in [-0.1, -0.05) is 13.8 Å². The standard InChI is InChI=1S/C7H11N3.C2H6/c1-10-5-9-6-2-3-8-4-7(6)10;1-2/h5,8H,2-4H2,1H3;1-2H3. The van der Waals surface area contributed by atoms with Gasteiger partial charge in [-0.3, -0.25) is 0 Å². The van der Waals surface area contributed by atoms with Crippen LogP contribution in [-0.2, 0) is 20.0 Å². The lowest BCUT2D eigenvalue weighted by Gasteiger charge is -2.12. The van der Waals surface area contributed by atoms with Crippen LogP contribution in [0, 0.1) is 0 Å². The van der Waals surface area contributed by atoms with Gasteiger partial charge in [0, 0.05) is 26.6 Å². The van der Waals surface area contributed by atoms with Crippen LogP contribution in [0.25, 0.3) is 0 Å². The van der Waals surface area contributed by atoms with Gasteiger partial charge in [0.1, 0.15) is 0 Å². The maximum absolute atomic E-state index is 4.28. The Hall–Kier alpha value is -0.830. The molecule has 0 amide bonds. The molecule has 0 spiro atoms. The van der Waals surface area contributed by atoms with E-state index in [-0.39, 0.29) is 0 Å². The number of nitrogens with one attached hydrogen (secondary N) is 1. The van der Waals surface area contributed by atoms with E-state index in [4.69, 9.17) is 0 Å². The lowest BCUT2D eigenvalue weighted by atomic mass is 10.2. The van der Waals surface area contributed by atoms with Crippen molar-refractivity contribution < 1.29 is 0 Å². The molecular formula is C9H17N3. The molecule has 1 N–H and O–H groups in total. The molecule has 0 fully saturated rings. The fourth-order valence-corrected chi connectivity index (χ4v) is 1.35. The maximum atomic E-state index is 4.28. The summed E-state index contributed by atoms with van der Waals surface area (Å²) in [6, 6.07) is 0. The normalized spacial score (nSPS) is 14.6. The summed E-state index contributed by atoms with van der Waals surface area (Å²) in [4.78, 5) is 4.28. The van der Waals surface area contributed by atoms with E-state index in [0.29, 0.717) is 0 Å². The molecule has 2 rings (SSSR count). The molecule has 1 aromatic rings. The van der Waals surface area contributed by atoms with Gasteiger partial charge in [0.05, 0.1) is 17.7 Å². The SMILES string of the molecule is CC.Cn1cnc2c1CNCC2. The second kappa shape index (κ2) is 4.26. The van der Waals surface area contributed by atoms with E-state index < -0.39 is 0 Å². The quantitative estimate of drug-likeness (QED) is 0.627. The van der Waals surface area contributed by atoms with E-state index in [9.17, 15) is 0 Å². The highest BCUT2D eigenvalue weighted by Gasteiger charge is 2.11. The van der Waals surface area contributed by atoms with Crippen molar-refractivity contribution in [1.29, 1.82) is 0 Å². The van der Waals surface area contributed by atoms with Gasteiger partial charge in [0.2, 0.25) is 0 Å². The average molecular weight is 167 g/mol. The first-order valence-electron chi connectivity index (χ1n) is 4.58. The number of nitrogens with zero attached hydrogens (tertiary/aromatic N) is 2. The fourth-order valence-electron chi connectivity index (χ4n) is 1.35. The monoisotopic (exact) mass is 167 g/mol. The molecule has 0 saturated heterocycles. The van der Waals surface area contributed by atoms with Crippen LogP contribution in [0.5, 0.6) is 0 Å². The summed E-state index contributed by atoms with van der Waals surface area (Å²) in [5.74, 6) is 0. The molecule has 0 aromatic carbocycles. The molecule has 3 nitrogen and oxygen atoms in total. The zero-order chi connectivity index (χ0) is 8.97. The fraction of sp³-hybridized carbons (Fsp3) is 0.667. The van der Waals surface area contributed by atoms with Crippen molar-refractivity contribution in [2.75, 3.05) is 6.54 Å². The third-order valence-corrected chi connectivity index (χ3v) is 1.98. The summed E-state index contributed by atoms with van der Waals surface area (Å²) in [6.45, 7) is 6.05. The van der Waals surface area contributed by atoms with Gasteiger partial charge in [-0.2, -0.15) is 0 Å². The van der Waals surface area contributed by atoms with Crippen molar-refractivity contribution >= 4 is 0 Å². The molecule has 1 aliphatic rings. The van der Waals surface area contributed by atoms with Crippen molar-refractivity contribution in [2.45, 2.75) is 26.8 Å². The molecular weight excluding hydrogens is 150 g/mol. The first-order valence-corrected chi connectivity index (χ1v) is 4.58. The second-order valence-electron chi connectivity index (χ2n) is 2.68. The lowest BCUT2D eigenvalue weighted by molar-refractivity contribution is 0.606. The first kappa shape index (κ1) is 9.26. The predicted molar refractivity (Wildman–Crippen MR) is 50.0 cm³/mol. The zero-order valence-corrected chi connectivity index (χ0v) is 8.09. The molecule has 0 saturated carbocycles. The van der Waals surface area contributed by atoms with Gasteiger partial charge in [-0.15, -0.1) is 0 Å². The Morgan fingerprint density at radius 2 is 2.25 bits per heavy atom. The minimum atomic E-state index is 0.978. The van der Waals surface area contributed by atoms with E-state index in [0.717, 1.165) is 19.5 Å². The van der Waals surface area contributed by atoms with Crippen LogP contribution in [0.1, 0.15) is 25.2 Å². The van der Waals surface area contributed by atoms with Crippen LogP contribution in [0.4, 0.5) is 0 Å². The Kier molecular flexibility index (Phi) is 3.29. The number of aromatic nitrogens is 2. The van der Waals surface area contributed by atoms with Crippen molar-refractivity contribution in [3.05, 3.63) is 17.7 Å². The second-order valence-corrected chi connectivity index (χ2v) is 2.68. The Morgan fingerprint density at radius 1 is 1.50 bits per heavy atom. The van der Waals surface area contributed by atoms with Crippen molar-refractivity contribution in [2.24, 2.45) is 7.05 Å². The Labute approximate surface area is 73.8 Å². The number of hydrogen-bond acceptors (Lipinski definition) is 2. The number of aryl methyl sites for hydroxylation is 1. The largest absolute Gasteiger partial charge is 0.336 e. The average Bonchev–Trinajstić information content (AvgIpc) is 2.53. The van der Waals surface area contributed by atoms with Crippen LogP contribution in [0.15, 0.2) is 6.33 Å². The molecule has 0 radical (unpaired) electrons. The summed E-state index contributed by atoms with van der Waals surface area (Å²) >= 11 is 0. The van der Waals surface area contributed by atoms with Gasteiger partial charge >= 0.3 is 0 Å². The highest BCUT2D eigenvalue weighted by molar-refractivity contribution is 5.15. The Bertz CT molecular complexity index is 240. The number of hydrogen-bond donors (Lipinski definition) is 1. The molecule has 1 aliphatic heterocycles. The molecule has 0 atom stereocenters. The van der Waals surface area contributed by atoms with Crippen molar-refractivity contribution in [3.8, 4) is 0 Å². The molecule has 0 unspecified atom stereocenters. The van der Waals surface area contributed by atoms with Gasteiger partial charge in [0.15, 0.2) is 0 Å². The third-order valence-electron chi connectivity index (χ3n) is 1.98. The number of imidazole rings is 1. The van der Waals surface area contributed by atoms with Gasteiger partial charge in [0.25, 0.3) is 0 Å². The Balaban J connectivity index is 0.000000336. The van der Waals surface area contributed by atoms with Crippen LogP contribution in [0.3, 0.4) is 0 Å². The van der Waals surface area contributed by atoms with E-state index in [1.54, 1.807) is 0 Å². The Morgan fingerprint density at radius 3 is 2.92 bits per heavy atom. The van der Waals surface area contributed by atoms with E-state index in [1.165, 1.54) is 11.4 Å². The van der Waals surface area contributed by atoms with Crippen LogP contribution >= 0.6 is 0 Å². The summed E-state index contributed by atoms with van der Waals surface area (Å²) in [6.07, 6.45) is 2.97. The molecule has 12 heavy (non-hydrogen) atoms. The summed E-state index contributed by atoms with van der Waals surface area (Å²) in [5.41, 5.74) is 2.60. The molecule has 0 aliphatic carbocycles. The highest BCUT2D eigenvalue weighted by Crippen LogP contribution is 2.09. The maximum Gasteiger partial charge on any atom is 0.0949 e. The van der Waals surface area contributed by atoms with E-state index in [2.05, 4.69) is 14.9 Å². The van der Waals surface area contributed by atoms with Crippen LogP contribution in [0.2, 0.25) is 0 Å². The minimum absolute atomic E-state index is 0.978. The summed E-state index contributed by atoms with van der Waals surface area (Å²) in [5, 5.41) is 3.31. The molecule has 0 bridgehead atoms. The molecule has 3 heteroatoms. The lowest BCUT2D eigenvalue weighted by Crippen LogP contribution is -2.24. The zero-order valence-electron chi connectivity index (χ0n) is 8.09. The molecule has 1 aromatic heterocycles. The van der Waals surface area contributed by atoms with Gasteiger partial charge < -0.3 is 9.88 Å². The molecule has 2 heterocycles. The first-order chi connectivity index (χ1) is 5.88. The van der Waals surface area contributed by atoms with E-state index in [1.807, 2.05) is 27.2 Å². The van der Waals surface area contributed by atoms with Crippen molar-refractivity contribution in [3.63, 3.8) is 0 Å². The van der Waals surface area contributed by atoms with Crippen molar-refractivity contribution in [1.82, 2.24) is 14.9 Å². The van der Waals surface area contributed by atoms with Crippen LogP contribution in [-0.4, -0.2) is 16.1 Å². The summed E-state index contributed by atoms with van der Waals surface area (Å²) < 4.78 is 2.08. The summed E-state index contributed by atoms with van der Waals surface area (Å²) in [7, 11) is 2.04. The molecule has 68 valence electrons. The van der Waals surface area contributed by atoms with Gasteiger partial charge in [-0.05, 0) is 0 Å². The smallest absolute Gasteiger partial charge is 0.0949 e. The minimum Gasteiger partial charge on any atom is -0.336 e. The number of fused-ring (bicyclic) bond motifs is 1. The topological polar surface area (TPSA) is 29.9 Å². The number of rotatable bonds is 0.